The fourth-order valence-corrected chi connectivity index (χ4v) is 10.3. The summed E-state index contributed by atoms with van der Waals surface area (Å²) in [7, 11) is 0. The summed E-state index contributed by atoms with van der Waals surface area (Å²) in [5.74, 6) is 3.34. The van der Waals surface area contributed by atoms with Gasteiger partial charge in [0.1, 0.15) is 0 Å². The third kappa shape index (κ3) is 4.24. The summed E-state index contributed by atoms with van der Waals surface area (Å²) in [6.45, 7) is 16.9. The van der Waals surface area contributed by atoms with Crippen LogP contribution in [0.25, 0.3) is 0 Å². The SMILES string of the molecule is C[C@H](CCC(=O)N1CCC(C)(C)CC1)[C@H]1CC[C@@H]2[C@]1(C)CC[C@H]1[C@@]2(C)CC=C2C[C@@H](O)CC[C@@]21C. The van der Waals surface area contributed by atoms with E-state index >= 15 is 0 Å². The lowest BCUT2D eigenvalue weighted by Crippen LogP contribution is -2.56. The first-order chi connectivity index (χ1) is 16.4. The van der Waals surface area contributed by atoms with Gasteiger partial charge in [-0.2, -0.15) is 0 Å². The highest BCUT2D eigenvalue weighted by Crippen LogP contribution is 2.71. The summed E-state index contributed by atoms with van der Waals surface area (Å²) >= 11 is 0. The number of hydrogen-bond acceptors (Lipinski definition) is 2. The Bertz CT molecular complexity index is 852. The van der Waals surface area contributed by atoms with Gasteiger partial charge < -0.3 is 10.0 Å². The molecule has 5 rings (SSSR count). The van der Waals surface area contributed by atoms with E-state index in [0.29, 0.717) is 33.5 Å². The predicted molar refractivity (Wildman–Crippen MR) is 144 cm³/mol. The highest BCUT2D eigenvalue weighted by molar-refractivity contribution is 5.76. The van der Waals surface area contributed by atoms with Crippen LogP contribution in [-0.4, -0.2) is 35.1 Å². The normalized spacial score (nSPS) is 45.7. The predicted octanol–water partition coefficient (Wildman–Crippen LogP) is 7.38. The molecule has 0 radical (unpaired) electrons. The average molecular weight is 484 g/mol. The van der Waals surface area contributed by atoms with Gasteiger partial charge in [0, 0.05) is 19.5 Å². The van der Waals surface area contributed by atoms with Crippen molar-refractivity contribution < 1.29 is 9.90 Å². The van der Waals surface area contributed by atoms with Crippen molar-refractivity contribution in [1.82, 2.24) is 4.90 Å². The summed E-state index contributed by atoms with van der Waals surface area (Å²) in [6.07, 6.45) is 16.2. The Hall–Kier alpha value is -0.830. The van der Waals surface area contributed by atoms with E-state index in [2.05, 4.69) is 52.5 Å². The molecule has 3 nitrogen and oxygen atoms in total. The van der Waals surface area contributed by atoms with E-state index in [1.54, 1.807) is 5.57 Å². The van der Waals surface area contributed by atoms with E-state index in [-0.39, 0.29) is 6.10 Å². The Morgan fingerprint density at radius 3 is 2.40 bits per heavy atom. The topological polar surface area (TPSA) is 40.5 Å². The zero-order valence-electron chi connectivity index (χ0n) is 23.7. The Balaban J connectivity index is 1.25. The van der Waals surface area contributed by atoms with Gasteiger partial charge in [-0.25, -0.2) is 0 Å². The van der Waals surface area contributed by atoms with Crippen LogP contribution in [0.3, 0.4) is 0 Å². The molecule has 1 N–H and O–H groups in total. The van der Waals surface area contributed by atoms with Crippen molar-refractivity contribution in [3.8, 4) is 0 Å². The standard InChI is InChI=1S/C32H53NO2/c1-22(7-10-28(35)33-19-17-29(2,3)18-20-33)25-8-9-26-31(25,5)16-13-27-30(4)15-12-24(34)21-23(30)11-14-32(26,27)6/h11,22,24-27,34H,7-10,12-21H2,1-6H3/t22-,24+,25-,26-,27-,30+,31-,32+/m1/s1. The Morgan fingerprint density at radius 1 is 0.971 bits per heavy atom. The second-order valence-corrected chi connectivity index (χ2v) is 15.1. The second-order valence-electron chi connectivity index (χ2n) is 15.1. The maximum absolute atomic E-state index is 13.0. The number of hydrogen-bond donors (Lipinski definition) is 1. The minimum absolute atomic E-state index is 0.122. The number of aliphatic hydroxyl groups is 1. The molecule has 0 aromatic heterocycles. The Morgan fingerprint density at radius 2 is 1.69 bits per heavy atom. The molecule has 1 saturated heterocycles. The monoisotopic (exact) mass is 483 g/mol. The van der Waals surface area contributed by atoms with Crippen molar-refractivity contribution in [1.29, 1.82) is 0 Å². The number of carbonyl (C=O) groups excluding carboxylic acids is 1. The van der Waals surface area contributed by atoms with Gasteiger partial charge in [-0.05, 0) is 116 Å². The largest absolute Gasteiger partial charge is 0.393 e. The third-order valence-corrected chi connectivity index (χ3v) is 12.7. The Labute approximate surface area is 215 Å². The molecular formula is C32H53NO2. The van der Waals surface area contributed by atoms with E-state index in [1.807, 2.05) is 0 Å². The van der Waals surface area contributed by atoms with Crippen LogP contribution in [0.1, 0.15) is 119 Å². The van der Waals surface area contributed by atoms with Crippen LogP contribution < -0.4 is 0 Å². The number of likely N-dealkylation sites (tertiary alicyclic amines) is 1. The molecule has 1 heterocycles. The maximum Gasteiger partial charge on any atom is 0.222 e. The van der Waals surface area contributed by atoms with Crippen molar-refractivity contribution >= 4 is 5.91 Å². The first-order valence-corrected chi connectivity index (χ1v) is 15.0. The van der Waals surface area contributed by atoms with Gasteiger partial charge >= 0.3 is 0 Å². The first-order valence-electron chi connectivity index (χ1n) is 15.0. The summed E-state index contributed by atoms with van der Waals surface area (Å²) in [4.78, 5) is 15.2. The summed E-state index contributed by atoms with van der Waals surface area (Å²) in [6, 6.07) is 0. The van der Waals surface area contributed by atoms with Crippen LogP contribution in [0, 0.1) is 45.3 Å². The lowest BCUT2D eigenvalue weighted by molar-refractivity contribution is -0.134. The fourth-order valence-electron chi connectivity index (χ4n) is 10.3. The molecule has 0 spiro atoms. The van der Waals surface area contributed by atoms with Crippen LogP contribution in [0.15, 0.2) is 11.6 Å². The molecule has 0 aromatic rings. The quantitative estimate of drug-likeness (QED) is 0.424. The van der Waals surface area contributed by atoms with Gasteiger partial charge in [-0.1, -0.05) is 53.2 Å². The lowest BCUT2D eigenvalue weighted by Gasteiger charge is -2.63. The number of fused-ring (bicyclic) bond motifs is 5. The van der Waals surface area contributed by atoms with E-state index in [9.17, 15) is 9.90 Å². The molecule has 0 bridgehead atoms. The highest BCUT2D eigenvalue weighted by atomic mass is 16.3. The summed E-state index contributed by atoms with van der Waals surface area (Å²) in [5, 5.41) is 10.3. The maximum atomic E-state index is 13.0. The molecule has 5 aliphatic rings. The molecule has 1 amide bonds. The molecule has 35 heavy (non-hydrogen) atoms. The highest BCUT2D eigenvalue weighted by Gasteiger charge is 2.63. The van der Waals surface area contributed by atoms with Crippen molar-refractivity contribution in [2.75, 3.05) is 13.1 Å². The number of amides is 1. The van der Waals surface area contributed by atoms with Crippen molar-refractivity contribution in [2.24, 2.45) is 45.3 Å². The smallest absolute Gasteiger partial charge is 0.222 e. The second kappa shape index (κ2) is 8.88. The van der Waals surface area contributed by atoms with Gasteiger partial charge in [0.05, 0.1) is 6.10 Å². The average Bonchev–Trinajstić information content (AvgIpc) is 3.16. The Kier molecular flexibility index (Phi) is 6.55. The fraction of sp³-hybridized carbons (Fsp3) is 0.906. The van der Waals surface area contributed by atoms with E-state index < -0.39 is 0 Å². The number of rotatable bonds is 4. The zero-order chi connectivity index (χ0) is 25.2. The van der Waals surface area contributed by atoms with E-state index in [1.165, 1.54) is 38.5 Å². The van der Waals surface area contributed by atoms with Gasteiger partial charge in [0.25, 0.3) is 0 Å². The van der Waals surface area contributed by atoms with Crippen LogP contribution in [0.4, 0.5) is 0 Å². The molecule has 0 aromatic carbocycles. The lowest BCUT2D eigenvalue weighted by atomic mass is 9.41. The van der Waals surface area contributed by atoms with Crippen LogP contribution >= 0.6 is 0 Å². The molecule has 8 atom stereocenters. The van der Waals surface area contributed by atoms with Crippen molar-refractivity contribution in [3.05, 3.63) is 11.6 Å². The van der Waals surface area contributed by atoms with Crippen LogP contribution in [0.5, 0.6) is 0 Å². The molecular weight excluding hydrogens is 430 g/mol. The van der Waals surface area contributed by atoms with Gasteiger partial charge in [0.15, 0.2) is 0 Å². The van der Waals surface area contributed by atoms with Gasteiger partial charge in [0.2, 0.25) is 5.91 Å². The summed E-state index contributed by atoms with van der Waals surface area (Å²) in [5.41, 5.74) is 3.07. The zero-order valence-corrected chi connectivity index (χ0v) is 23.7. The minimum Gasteiger partial charge on any atom is -0.393 e. The van der Waals surface area contributed by atoms with Crippen LogP contribution in [-0.2, 0) is 4.79 Å². The number of piperidine rings is 1. The van der Waals surface area contributed by atoms with Crippen LogP contribution in [0.2, 0.25) is 0 Å². The molecule has 0 unspecified atom stereocenters. The molecule has 3 heteroatoms. The van der Waals surface area contributed by atoms with Crippen molar-refractivity contribution in [2.45, 2.75) is 125 Å². The molecule has 1 aliphatic heterocycles. The number of allylic oxidation sites excluding steroid dienone is 1. The molecule has 198 valence electrons. The van der Waals surface area contributed by atoms with Gasteiger partial charge in [-0.3, -0.25) is 4.79 Å². The first kappa shape index (κ1) is 25.8. The van der Waals surface area contributed by atoms with E-state index in [4.69, 9.17) is 0 Å². The van der Waals surface area contributed by atoms with Gasteiger partial charge in [-0.15, -0.1) is 0 Å². The molecule has 4 fully saturated rings. The summed E-state index contributed by atoms with van der Waals surface area (Å²) < 4.78 is 0. The minimum atomic E-state index is -0.122. The number of aliphatic hydroxyl groups excluding tert-OH is 1. The third-order valence-electron chi connectivity index (χ3n) is 12.7. The molecule has 3 saturated carbocycles. The van der Waals surface area contributed by atoms with E-state index in [0.717, 1.165) is 69.4 Å². The van der Waals surface area contributed by atoms with Crippen molar-refractivity contribution in [3.63, 3.8) is 0 Å². The number of carbonyl (C=O) groups is 1. The molecule has 4 aliphatic carbocycles. The number of nitrogens with zero attached hydrogens (tertiary/aromatic N) is 1.